The first kappa shape index (κ1) is 34.5. The molecule has 0 atom stereocenters. The minimum atomic E-state index is -0.541. The predicted octanol–water partition coefficient (Wildman–Crippen LogP) is 7.07. The summed E-state index contributed by atoms with van der Waals surface area (Å²) in [4.78, 5) is 32.6. The van der Waals surface area contributed by atoms with E-state index in [1.54, 1.807) is 12.1 Å². The maximum atomic E-state index is 12.7. The third-order valence-corrected chi connectivity index (χ3v) is 7.52. The third kappa shape index (κ3) is 7.75. The van der Waals surface area contributed by atoms with Crippen molar-refractivity contribution < 1.29 is 38.7 Å². The van der Waals surface area contributed by atoms with Crippen LogP contribution in [0.4, 0.5) is 0 Å². The molecule has 232 valence electrons. The van der Waals surface area contributed by atoms with Gasteiger partial charge in [0.25, 0.3) is 0 Å². The molecule has 4 rings (SSSR count). The molecule has 2 aromatic carbocycles. The summed E-state index contributed by atoms with van der Waals surface area (Å²) in [7, 11) is 5.79. The smallest absolute Gasteiger partial charge is 0.204 e. The first-order chi connectivity index (χ1) is 21.0. The number of nitrogens with zero attached hydrogens (tertiary/aromatic N) is 2. The quantitative estimate of drug-likeness (QED) is 0.132. The minimum Gasteiger partial charge on any atom is -0.504 e. The SMILES string of the molecule is COc1ccc(C(=O)Cc2c(Cl)cncc2Cl)c(O)c1O.COc1ccc(C(=O)Cc2c(Cl)cncc2Cl)c(OC)c1OC. The number of ether oxygens (including phenoxy) is 4. The minimum absolute atomic E-state index is 0.0199. The fourth-order valence-electron chi connectivity index (χ4n) is 4.00. The number of methoxy groups -OCH3 is 4. The number of rotatable bonds is 10. The molecule has 0 unspecified atom stereocenters. The average Bonchev–Trinajstić information content (AvgIpc) is 3.01. The van der Waals surface area contributed by atoms with Crippen LogP contribution in [0, 0.1) is 0 Å². The number of aromatic hydroxyl groups is 2. The van der Waals surface area contributed by atoms with Gasteiger partial charge in [0.05, 0.1) is 59.7 Å². The van der Waals surface area contributed by atoms with E-state index in [0.717, 1.165) is 0 Å². The summed E-state index contributed by atoms with van der Waals surface area (Å²) in [6.45, 7) is 0. The lowest BCUT2D eigenvalue weighted by atomic mass is 10.0. The molecular formula is C30H26Cl4N2O8. The highest BCUT2D eigenvalue weighted by molar-refractivity contribution is 6.36. The van der Waals surface area contributed by atoms with Crippen LogP contribution in [-0.4, -0.2) is 60.2 Å². The summed E-state index contributed by atoms with van der Waals surface area (Å²) >= 11 is 24.0. The van der Waals surface area contributed by atoms with E-state index in [4.69, 9.17) is 65.4 Å². The zero-order valence-electron chi connectivity index (χ0n) is 23.8. The van der Waals surface area contributed by atoms with Crippen molar-refractivity contribution >= 4 is 58.0 Å². The fraction of sp³-hybridized carbons (Fsp3) is 0.200. The number of phenols is 2. The summed E-state index contributed by atoms with van der Waals surface area (Å²) < 4.78 is 20.7. The molecule has 0 spiro atoms. The molecule has 4 aromatic rings. The molecular weight excluding hydrogens is 658 g/mol. The Morgan fingerprint density at radius 2 is 1.00 bits per heavy atom. The largest absolute Gasteiger partial charge is 0.504 e. The van der Waals surface area contributed by atoms with E-state index in [0.29, 0.717) is 44.0 Å². The highest BCUT2D eigenvalue weighted by Gasteiger charge is 2.23. The van der Waals surface area contributed by atoms with Crippen molar-refractivity contribution in [3.63, 3.8) is 0 Å². The normalized spacial score (nSPS) is 10.4. The Labute approximate surface area is 273 Å². The number of benzene rings is 2. The molecule has 2 heterocycles. The fourth-order valence-corrected chi connectivity index (χ4v) is 4.99. The number of hydrogen-bond acceptors (Lipinski definition) is 10. The van der Waals surface area contributed by atoms with E-state index in [-0.39, 0.29) is 40.0 Å². The van der Waals surface area contributed by atoms with Gasteiger partial charge in [0, 0.05) is 48.8 Å². The van der Waals surface area contributed by atoms with Gasteiger partial charge in [-0.15, -0.1) is 0 Å². The number of carbonyl (C=O) groups excluding carboxylic acids is 2. The maximum absolute atomic E-state index is 12.7. The van der Waals surface area contributed by atoms with Gasteiger partial charge < -0.3 is 29.2 Å². The van der Waals surface area contributed by atoms with Crippen molar-refractivity contribution in [2.75, 3.05) is 28.4 Å². The molecule has 2 N–H and O–H groups in total. The lowest BCUT2D eigenvalue weighted by Gasteiger charge is -2.15. The number of phenolic OH excluding ortho intramolecular Hbond substituents is 2. The molecule has 0 saturated carbocycles. The van der Waals surface area contributed by atoms with Crippen molar-refractivity contribution in [1.29, 1.82) is 0 Å². The van der Waals surface area contributed by atoms with Crippen LogP contribution < -0.4 is 18.9 Å². The maximum Gasteiger partial charge on any atom is 0.204 e. The van der Waals surface area contributed by atoms with Crippen LogP contribution in [0.1, 0.15) is 31.8 Å². The second-order valence-corrected chi connectivity index (χ2v) is 10.4. The number of Topliss-reactive ketones (excluding diaryl/α,β-unsaturated/α-hetero) is 2. The van der Waals surface area contributed by atoms with E-state index < -0.39 is 17.3 Å². The van der Waals surface area contributed by atoms with Crippen LogP contribution in [0.2, 0.25) is 20.1 Å². The predicted molar refractivity (Wildman–Crippen MR) is 167 cm³/mol. The Hall–Kier alpha value is -3.96. The number of ketones is 2. The van der Waals surface area contributed by atoms with Crippen LogP contribution in [0.5, 0.6) is 34.5 Å². The Bertz CT molecular complexity index is 1640. The molecule has 0 fully saturated rings. The molecule has 0 radical (unpaired) electrons. The molecule has 2 aromatic heterocycles. The van der Waals surface area contributed by atoms with Crippen molar-refractivity contribution in [3.8, 4) is 34.5 Å². The highest BCUT2D eigenvalue weighted by atomic mass is 35.5. The molecule has 0 aliphatic heterocycles. The monoisotopic (exact) mass is 682 g/mol. The van der Waals surface area contributed by atoms with E-state index in [2.05, 4.69) is 9.97 Å². The van der Waals surface area contributed by atoms with Gasteiger partial charge in [0.2, 0.25) is 11.5 Å². The van der Waals surface area contributed by atoms with Gasteiger partial charge in [-0.05, 0) is 24.3 Å². The second-order valence-electron chi connectivity index (χ2n) is 8.76. The number of pyridine rings is 2. The first-order valence-corrected chi connectivity index (χ1v) is 14.0. The van der Waals surface area contributed by atoms with Crippen LogP contribution >= 0.6 is 46.4 Å². The Morgan fingerprint density at radius 1 is 0.591 bits per heavy atom. The van der Waals surface area contributed by atoms with Gasteiger partial charge in [-0.1, -0.05) is 46.4 Å². The van der Waals surface area contributed by atoms with E-state index in [9.17, 15) is 19.8 Å². The molecule has 10 nitrogen and oxygen atoms in total. The molecule has 0 amide bonds. The third-order valence-electron chi connectivity index (χ3n) is 6.22. The molecule has 0 bridgehead atoms. The van der Waals surface area contributed by atoms with Gasteiger partial charge in [-0.2, -0.15) is 0 Å². The summed E-state index contributed by atoms with van der Waals surface area (Å²) in [6, 6.07) is 6.01. The zero-order chi connectivity index (χ0) is 32.6. The van der Waals surface area contributed by atoms with Gasteiger partial charge in [0.1, 0.15) is 0 Å². The standard InChI is InChI=1S/C16H15Cl2NO4.C14H11Cl2NO4/c1-21-14-5-4-9(15(22-2)16(14)23-3)13(20)6-10-11(17)7-19-8-12(10)18;1-21-12-3-2-7(13(19)14(12)20)11(18)4-8-9(15)5-17-6-10(8)16/h4-5,7-8H,6H2,1-3H3;2-3,5-6,19-20H,4H2,1H3. The van der Waals surface area contributed by atoms with Crippen molar-refractivity contribution in [1.82, 2.24) is 9.97 Å². The summed E-state index contributed by atoms with van der Waals surface area (Å²) in [5.74, 6) is -0.481. The van der Waals surface area contributed by atoms with E-state index >= 15 is 0 Å². The van der Waals surface area contributed by atoms with Crippen LogP contribution in [-0.2, 0) is 12.8 Å². The number of halogens is 4. The number of carbonyl (C=O) groups is 2. The molecule has 44 heavy (non-hydrogen) atoms. The Balaban J connectivity index is 0.000000241. The van der Waals surface area contributed by atoms with Crippen LogP contribution in [0.3, 0.4) is 0 Å². The van der Waals surface area contributed by atoms with Crippen LogP contribution in [0.25, 0.3) is 0 Å². The number of hydrogen-bond donors (Lipinski definition) is 2. The van der Waals surface area contributed by atoms with E-state index in [1.807, 2.05) is 0 Å². The van der Waals surface area contributed by atoms with Gasteiger partial charge in [-0.3, -0.25) is 19.6 Å². The van der Waals surface area contributed by atoms with Crippen LogP contribution in [0.15, 0.2) is 49.1 Å². The first-order valence-electron chi connectivity index (χ1n) is 12.5. The zero-order valence-corrected chi connectivity index (χ0v) is 26.8. The highest BCUT2D eigenvalue weighted by Crippen LogP contribution is 2.41. The Morgan fingerprint density at radius 3 is 1.43 bits per heavy atom. The average molecular weight is 684 g/mol. The topological polar surface area (TPSA) is 137 Å². The van der Waals surface area contributed by atoms with Gasteiger partial charge in [0.15, 0.2) is 34.6 Å². The molecule has 0 aliphatic carbocycles. The molecule has 14 heteroatoms. The van der Waals surface area contributed by atoms with Crippen molar-refractivity contribution in [2.45, 2.75) is 12.8 Å². The molecule has 0 aliphatic rings. The summed E-state index contributed by atoms with van der Waals surface area (Å²) in [5, 5.41) is 20.8. The number of aromatic nitrogens is 2. The van der Waals surface area contributed by atoms with Crippen molar-refractivity contribution in [2.24, 2.45) is 0 Å². The lowest BCUT2D eigenvalue weighted by molar-refractivity contribution is 0.0981. The second kappa shape index (κ2) is 15.7. The summed E-state index contributed by atoms with van der Waals surface area (Å²) in [5.41, 5.74) is 1.24. The molecule has 0 saturated heterocycles. The van der Waals surface area contributed by atoms with Crippen molar-refractivity contribution in [3.05, 3.63) is 91.4 Å². The van der Waals surface area contributed by atoms with Gasteiger partial charge >= 0.3 is 0 Å². The van der Waals surface area contributed by atoms with E-state index in [1.165, 1.54) is 65.4 Å². The van der Waals surface area contributed by atoms with Gasteiger partial charge in [-0.25, -0.2) is 0 Å². The summed E-state index contributed by atoms with van der Waals surface area (Å²) in [6.07, 6.45) is 5.54. The lowest BCUT2D eigenvalue weighted by Crippen LogP contribution is -2.08. The Kier molecular flexibility index (Phi) is 12.3.